The molecule has 0 radical (unpaired) electrons. The molecule has 0 aliphatic heterocycles. The molecule has 0 aromatic heterocycles. The summed E-state index contributed by atoms with van der Waals surface area (Å²) in [7, 11) is 0. The van der Waals surface area contributed by atoms with Crippen LogP contribution < -0.4 is 11.1 Å². The van der Waals surface area contributed by atoms with Gasteiger partial charge in [-0.15, -0.1) is 11.8 Å². The van der Waals surface area contributed by atoms with Crippen LogP contribution in [0.5, 0.6) is 0 Å². The number of anilines is 1. The highest BCUT2D eigenvalue weighted by molar-refractivity contribution is 7.98. The molecule has 1 rings (SSSR count). The number of nitrogens with one attached hydrogen (secondary N) is 1. The van der Waals surface area contributed by atoms with Crippen molar-refractivity contribution in [2.75, 3.05) is 11.6 Å². The van der Waals surface area contributed by atoms with Crippen LogP contribution in [0.25, 0.3) is 0 Å². The molecule has 1 unspecified atom stereocenters. The topological polar surface area (TPSA) is 55.1 Å². The number of carbonyl (C=O) groups excluding carboxylic acids is 1. The van der Waals surface area contributed by atoms with Crippen molar-refractivity contribution >= 4 is 23.4 Å². The summed E-state index contributed by atoms with van der Waals surface area (Å²) in [5, 5.41) is 2.89. The van der Waals surface area contributed by atoms with Gasteiger partial charge in [-0.3, -0.25) is 4.79 Å². The summed E-state index contributed by atoms with van der Waals surface area (Å²) >= 11 is 1.61. The fraction of sp³-hybridized carbons (Fsp3) is 0.462. The minimum Gasteiger partial charge on any atom is -0.324 e. The smallest absolute Gasteiger partial charge is 0.241 e. The van der Waals surface area contributed by atoms with E-state index < -0.39 is 6.04 Å². The molecular weight excluding hydrogens is 232 g/mol. The molecule has 3 nitrogen and oxygen atoms in total. The Morgan fingerprint density at radius 2 is 2.18 bits per heavy atom. The van der Waals surface area contributed by atoms with Gasteiger partial charge in [0.05, 0.1) is 11.7 Å². The van der Waals surface area contributed by atoms with E-state index in [9.17, 15) is 4.79 Å². The van der Waals surface area contributed by atoms with Crippen molar-refractivity contribution in [3.63, 3.8) is 0 Å². The third-order valence-electron chi connectivity index (χ3n) is 2.57. The molecule has 0 fully saturated rings. The Morgan fingerprint density at radius 1 is 1.47 bits per heavy atom. The molecule has 94 valence electrons. The number of carbonyl (C=O) groups is 1. The quantitative estimate of drug-likeness (QED) is 0.765. The third-order valence-corrected chi connectivity index (χ3v) is 3.37. The van der Waals surface area contributed by atoms with Crippen molar-refractivity contribution in [3.05, 3.63) is 24.3 Å². The molecule has 1 aromatic rings. The van der Waals surface area contributed by atoms with Crippen LogP contribution in [0.4, 0.5) is 5.69 Å². The second-order valence-electron chi connectivity index (χ2n) is 3.94. The van der Waals surface area contributed by atoms with Crippen LogP contribution in [0.15, 0.2) is 29.2 Å². The number of amides is 1. The van der Waals surface area contributed by atoms with Crippen LogP contribution in [0.2, 0.25) is 0 Å². The number of unbranched alkanes of at least 4 members (excludes halogenated alkanes) is 1. The van der Waals surface area contributed by atoms with Crippen LogP contribution in [-0.4, -0.2) is 18.2 Å². The summed E-state index contributed by atoms with van der Waals surface area (Å²) in [6.45, 7) is 2.09. The Morgan fingerprint density at radius 3 is 2.82 bits per heavy atom. The maximum absolute atomic E-state index is 11.8. The Bertz CT molecular complexity index is 368. The van der Waals surface area contributed by atoms with Gasteiger partial charge in [0.15, 0.2) is 0 Å². The van der Waals surface area contributed by atoms with Gasteiger partial charge in [0.25, 0.3) is 0 Å². The Hall–Kier alpha value is -1.00. The van der Waals surface area contributed by atoms with E-state index >= 15 is 0 Å². The van der Waals surface area contributed by atoms with E-state index in [0.29, 0.717) is 0 Å². The lowest BCUT2D eigenvalue weighted by Crippen LogP contribution is -2.35. The number of hydrogen-bond donors (Lipinski definition) is 2. The van der Waals surface area contributed by atoms with Gasteiger partial charge in [-0.1, -0.05) is 31.9 Å². The van der Waals surface area contributed by atoms with E-state index in [2.05, 4.69) is 12.2 Å². The zero-order chi connectivity index (χ0) is 12.7. The van der Waals surface area contributed by atoms with Gasteiger partial charge in [0, 0.05) is 4.90 Å². The maximum Gasteiger partial charge on any atom is 0.241 e. The lowest BCUT2D eigenvalue weighted by molar-refractivity contribution is -0.117. The SMILES string of the molecule is CCCCC(N)C(=O)Nc1ccccc1SC. The molecule has 0 spiro atoms. The Labute approximate surface area is 107 Å². The Kier molecular flexibility index (Phi) is 6.08. The first kappa shape index (κ1) is 14.1. The number of rotatable bonds is 6. The summed E-state index contributed by atoms with van der Waals surface area (Å²) in [5.41, 5.74) is 6.67. The number of nitrogens with two attached hydrogens (primary N) is 1. The van der Waals surface area contributed by atoms with E-state index in [-0.39, 0.29) is 5.91 Å². The molecule has 0 aliphatic carbocycles. The van der Waals surface area contributed by atoms with Gasteiger partial charge in [-0.05, 0) is 24.8 Å². The molecule has 0 heterocycles. The van der Waals surface area contributed by atoms with Crippen LogP contribution in [0.1, 0.15) is 26.2 Å². The monoisotopic (exact) mass is 252 g/mol. The number of benzene rings is 1. The number of para-hydroxylation sites is 1. The molecule has 0 saturated carbocycles. The summed E-state index contributed by atoms with van der Waals surface area (Å²) in [5.74, 6) is -0.0973. The lowest BCUT2D eigenvalue weighted by Gasteiger charge is -2.13. The predicted octanol–water partition coefficient (Wildman–Crippen LogP) is 2.86. The van der Waals surface area contributed by atoms with E-state index in [1.165, 1.54) is 0 Å². The minimum absolute atomic E-state index is 0.0973. The first-order valence-electron chi connectivity index (χ1n) is 5.88. The molecule has 0 bridgehead atoms. The summed E-state index contributed by atoms with van der Waals surface area (Å²) in [6.07, 6.45) is 4.77. The fourth-order valence-electron chi connectivity index (χ4n) is 1.53. The van der Waals surface area contributed by atoms with E-state index in [1.807, 2.05) is 30.5 Å². The molecule has 17 heavy (non-hydrogen) atoms. The van der Waals surface area contributed by atoms with E-state index in [1.54, 1.807) is 11.8 Å². The number of hydrogen-bond acceptors (Lipinski definition) is 3. The highest BCUT2D eigenvalue weighted by Crippen LogP contribution is 2.24. The van der Waals surface area contributed by atoms with Gasteiger partial charge in [-0.25, -0.2) is 0 Å². The molecule has 1 amide bonds. The van der Waals surface area contributed by atoms with Gasteiger partial charge >= 0.3 is 0 Å². The Balaban J connectivity index is 2.61. The van der Waals surface area contributed by atoms with Crippen LogP contribution in [0.3, 0.4) is 0 Å². The largest absolute Gasteiger partial charge is 0.324 e. The normalized spacial score (nSPS) is 12.2. The number of thioether (sulfide) groups is 1. The summed E-state index contributed by atoms with van der Waals surface area (Å²) in [6, 6.07) is 7.34. The van der Waals surface area contributed by atoms with Crippen molar-refractivity contribution in [2.45, 2.75) is 37.1 Å². The first-order chi connectivity index (χ1) is 8.19. The van der Waals surface area contributed by atoms with Gasteiger partial charge in [0.1, 0.15) is 0 Å². The fourth-order valence-corrected chi connectivity index (χ4v) is 2.08. The van der Waals surface area contributed by atoms with Crippen LogP contribution >= 0.6 is 11.8 Å². The zero-order valence-corrected chi connectivity index (χ0v) is 11.2. The minimum atomic E-state index is -0.412. The molecule has 1 atom stereocenters. The molecule has 1 aromatic carbocycles. The first-order valence-corrected chi connectivity index (χ1v) is 7.11. The molecular formula is C13H20N2OS. The lowest BCUT2D eigenvalue weighted by atomic mass is 10.1. The van der Waals surface area contributed by atoms with Gasteiger partial charge in [0.2, 0.25) is 5.91 Å². The average molecular weight is 252 g/mol. The summed E-state index contributed by atoms with van der Waals surface area (Å²) in [4.78, 5) is 12.9. The zero-order valence-electron chi connectivity index (χ0n) is 10.4. The second kappa shape index (κ2) is 7.35. The highest BCUT2D eigenvalue weighted by Gasteiger charge is 2.13. The maximum atomic E-state index is 11.8. The molecule has 0 aliphatic rings. The molecule has 3 N–H and O–H groups in total. The van der Waals surface area contributed by atoms with E-state index in [0.717, 1.165) is 29.8 Å². The van der Waals surface area contributed by atoms with Crippen molar-refractivity contribution in [3.8, 4) is 0 Å². The van der Waals surface area contributed by atoms with Crippen molar-refractivity contribution in [1.82, 2.24) is 0 Å². The standard InChI is InChI=1S/C13H20N2OS/c1-3-4-7-10(14)13(16)15-11-8-5-6-9-12(11)17-2/h5-6,8-10H,3-4,7,14H2,1-2H3,(H,15,16). The summed E-state index contributed by atoms with van der Waals surface area (Å²) < 4.78 is 0. The van der Waals surface area contributed by atoms with E-state index in [4.69, 9.17) is 5.73 Å². The van der Waals surface area contributed by atoms with Gasteiger partial charge < -0.3 is 11.1 Å². The molecule has 4 heteroatoms. The van der Waals surface area contributed by atoms with Crippen molar-refractivity contribution in [1.29, 1.82) is 0 Å². The van der Waals surface area contributed by atoms with Crippen molar-refractivity contribution in [2.24, 2.45) is 5.73 Å². The second-order valence-corrected chi connectivity index (χ2v) is 4.79. The average Bonchev–Trinajstić information content (AvgIpc) is 2.36. The van der Waals surface area contributed by atoms with Crippen LogP contribution in [0, 0.1) is 0 Å². The van der Waals surface area contributed by atoms with Crippen molar-refractivity contribution < 1.29 is 4.79 Å². The van der Waals surface area contributed by atoms with Gasteiger partial charge in [-0.2, -0.15) is 0 Å². The third kappa shape index (κ3) is 4.40. The highest BCUT2D eigenvalue weighted by atomic mass is 32.2. The predicted molar refractivity (Wildman–Crippen MR) is 74.4 cm³/mol. The molecule has 0 saturated heterocycles. The van der Waals surface area contributed by atoms with Crippen LogP contribution in [-0.2, 0) is 4.79 Å².